The number of hydrogen-bond donors (Lipinski definition) is 0. The van der Waals surface area contributed by atoms with Gasteiger partial charge in [0.05, 0.1) is 0 Å². The molecule has 0 radical (unpaired) electrons. The Bertz CT molecular complexity index is 211. The molecule has 0 bridgehead atoms. The summed E-state index contributed by atoms with van der Waals surface area (Å²) in [6.07, 6.45) is 0. The minimum absolute atomic E-state index is 0.496. The number of halogens is 6. The third-order valence-electron chi connectivity index (χ3n) is 1.07. The number of benzene rings is 1. The fourth-order valence-electron chi connectivity index (χ4n) is 0.644. The van der Waals surface area contributed by atoms with E-state index in [2.05, 4.69) is 0 Å². The monoisotopic (exact) mass is 513 g/mol. The molecule has 0 unspecified atom stereocenters. The van der Waals surface area contributed by atoms with E-state index in [0.29, 0.717) is 10.7 Å². The molecule has 72 valence electrons. The van der Waals surface area contributed by atoms with E-state index >= 15 is 0 Å². The first-order chi connectivity index (χ1) is 5.80. The van der Waals surface area contributed by atoms with E-state index in [1.54, 1.807) is 0 Å². The summed E-state index contributed by atoms with van der Waals surface area (Å²) in [6.45, 7) is 0. The van der Waals surface area contributed by atoms with Crippen LogP contribution in [-0.2, 0) is 0 Å². The molecule has 0 aliphatic heterocycles. The van der Waals surface area contributed by atoms with Crippen LogP contribution in [0.3, 0.4) is 0 Å². The van der Waals surface area contributed by atoms with Gasteiger partial charge in [-0.15, -0.1) is 0 Å². The molecule has 1 aromatic rings. The molecule has 0 saturated heterocycles. The second kappa shape index (κ2) is 5.83. The molecule has 1 aromatic carbocycles. The van der Waals surface area contributed by atoms with Gasteiger partial charge in [0.2, 0.25) is 0 Å². The van der Waals surface area contributed by atoms with Crippen molar-refractivity contribution in [1.82, 2.24) is 0 Å². The van der Waals surface area contributed by atoms with Crippen LogP contribution in [0.4, 0.5) is 8.58 Å². The maximum absolute atomic E-state index is 12.2. The molecular formula is C6H3F3I3-3. The van der Waals surface area contributed by atoms with E-state index < -0.39 is 65.3 Å². The van der Waals surface area contributed by atoms with Crippen LogP contribution >= 0.6 is 0 Å². The van der Waals surface area contributed by atoms with Gasteiger partial charge in [0.15, 0.2) is 0 Å². The average molecular weight is 513 g/mol. The predicted molar refractivity (Wildman–Crippen MR) is 25.9 cm³/mol. The Balaban J connectivity index is 3.01. The summed E-state index contributed by atoms with van der Waals surface area (Å²) in [4.78, 5) is 0. The molecule has 0 nitrogen and oxygen atoms in total. The summed E-state index contributed by atoms with van der Waals surface area (Å²) < 4.78 is 38.2. The fraction of sp³-hybridized carbons (Fsp3) is 0. The van der Waals surface area contributed by atoms with Crippen molar-refractivity contribution in [3.05, 3.63) is 28.9 Å². The summed E-state index contributed by atoms with van der Waals surface area (Å²) in [6, 6.07) is 4.55. The average Bonchev–Trinajstić information content (AvgIpc) is 2.16. The van der Waals surface area contributed by atoms with Gasteiger partial charge in [-0.1, -0.05) is 0 Å². The zero-order valence-corrected chi connectivity index (χ0v) is 12.0. The van der Waals surface area contributed by atoms with Gasteiger partial charge in [0.25, 0.3) is 0 Å². The van der Waals surface area contributed by atoms with Gasteiger partial charge in [-0.05, 0) is 0 Å². The summed E-state index contributed by atoms with van der Waals surface area (Å²) in [7, 11) is 0. The molecule has 0 aliphatic rings. The molecule has 1 rings (SSSR count). The third-order valence-corrected chi connectivity index (χ3v) is 4.36. The van der Waals surface area contributed by atoms with Crippen molar-refractivity contribution in [2.24, 2.45) is 0 Å². The van der Waals surface area contributed by atoms with Gasteiger partial charge < -0.3 is 0 Å². The van der Waals surface area contributed by atoms with Crippen LogP contribution in [-0.4, -0.2) is 0 Å². The SMILES string of the molecule is F[I-]c1cc([I-]F)cc([I-]F)c1. The van der Waals surface area contributed by atoms with Gasteiger partial charge in [-0.2, -0.15) is 0 Å². The van der Waals surface area contributed by atoms with Gasteiger partial charge >= 0.3 is 103 Å². The Hall–Kier alpha value is 1.20. The topological polar surface area (TPSA) is 0 Å². The van der Waals surface area contributed by atoms with Gasteiger partial charge in [0.1, 0.15) is 0 Å². The first kappa shape index (κ1) is 11.3. The maximum atomic E-state index is 12.2. The second-order valence-corrected chi connectivity index (χ2v) is 6.76. The van der Waals surface area contributed by atoms with Crippen molar-refractivity contribution < 1.29 is 73.9 Å². The standard InChI is InChI=1S/C6H3F3I3/c7-10-4-1-5(11-8)3-6(2-4)12-9/h1-3H/q-3. The van der Waals surface area contributed by atoms with Crippen LogP contribution in [0.5, 0.6) is 0 Å². The van der Waals surface area contributed by atoms with Crippen LogP contribution in [0.2, 0.25) is 0 Å². The molecule has 0 aromatic heterocycles. The number of hydrogen-bond acceptors (Lipinski definition) is 0. The Kier molecular flexibility index (Phi) is 5.48. The molecule has 0 heterocycles. The summed E-state index contributed by atoms with van der Waals surface area (Å²) in [5, 5.41) is 0. The molecule has 0 atom stereocenters. The molecule has 0 aliphatic carbocycles. The minimum atomic E-state index is -1.53. The first-order valence-electron chi connectivity index (χ1n) is 2.73. The molecular weight excluding hydrogens is 510 g/mol. The van der Waals surface area contributed by atoms with Crippen LogP contribution in [0.15, 0.2) is 18.2 Å². The van der Waals surface area contributed by atoms with E-state index in [9.17, 15) is 8.58 Å². The Labute approximate surface area is 101 Å². The summed E-state index contributed by atoms with van der Waals surface area (Å²) in [5.41, 5.74) is 0. The van der Waals surface area contributed by atoms with E-state index in [1.165, 1.54) is 18.2 Å². The Morgan fingerprint density at radius 1 is 0.667 bits per heavy atom. The third kappa shape index (κ3) is 3.16. The molecule has 0 saturated carbocycles. The molecule has 0 amide bonds. The second-order valence-electron chi connectivity index (χ2n) is 1.80. The first-order valence-corrected chi connectivity index (χ1v) is 8.41. The van der Waals surface area contributed by atoms with Crippen LogP contribution < -0.4 is 65.3 Å². The van der Waals surface area contributed by atoms with Gasteiger partial charge in [-0.3, -0.25) is 0 Å². The van der Waals surface area contributed by atoms with Crippen molar-refractivity contribution in [3.8, 4) is 0 Å². The van der Waals surface area contributed by atoms with Crippen molar-refractivity contribution in [2.45, 2.75) is 0 Å². The van der Waals surface area contributed by atoms with Gasteiger partial charge in [-0.25, -0.2) is 0 Å². The molecule has 12 heavy (non-hydrogen) atoms. The zero-order valence-electron chi connectivity index (χ0n) is 5.50. The molecule has 0 N–H and O–H groups in total. The molecule has 6 heteroatoms. The van der Waals surface area contributed by atoms with E-state index in [0.717, 1.165) is 0 Å². The summed E-state index contributed by atoms with van der Waals surface area (Å²) >= 11 is -4.60. The van der Waals surface area contributed by atoms with Crippen LogP contribution in [0.25, 0.3) is 0 Å². The number of rotatable bonds is 3. The predicted octanol–water partition coefficient (Wildman–Crippen LogP) is -6.88. The molecule has 0 fully saturated rings. The quantitative estimate of drug-likeness (QED) is 0.354. The van der Waals surface area contributed by atoms with Crippen LogP contribution in [0.1, 0.15) is 0 Å². The zero-order chi connectivity index (χ0) is 8.97. The fourth-order valence-corrected chi connectivity index (χ4v) is 5.15. The van der Waals surface area contributed by atoms with Crippen molar-refractivity contribution in [2.75, 3.05) is 0 Å². The van der Waals surface area contributed by atoms with Crippen molar-refractivity contribution in [3.63, 3.8) is 0 Å². The van der Waals surface area contributed by atoms with Crippen molar-refractivity contribution >= 4 is 0 Å². The van der Waals surface area contributed by atoms with Crippen molar-refractivity contribution in [1.29, 1.82) is 0 Å². The van der Waals surface area contributed by atoms with E-state index in [-0.39, 0.29) is 0 Å². The Morgan fingerprint density at radius 3 is 1.08 bits per heavy atom. The molecule has 0 spiro atoms. The van der Waals surface area contributed by atoms with Crippen LogP contribution in [0, 0.1) is 10.7 Å². The summed E-state index contributed by atoms with van der Waals surface area (Å²) in [5.74, 6) is 0. The normalized spacial score (nSPS) is 11.2. The van der Waals surface area contributed by atoms with E-state index in [4.69, 9.17) is 0 Å². The van der Waals surface area contributed by atoms with Gasteiger partial charge in [0, 0.05) is 0 Å². The Morgan fingerprint density at radius 2 is 0.917 bits per heavy atom. The van der Waals surface area contributed by atoms with E-state index in [1.807, 2.05) is 0 Å².